The van der Waals surface area contributed by atoms with Gasteiger partial charge in [-0.3, -0.25) is 14.5 Å². The summed E-state index contributed by atoms with van der Waals surface area (Å²) in [7, 11) is 0. The van der Waals surface area contributed by atoms with Crippen LogP contribution in [0.4, 0.5) is 4.79 Å². The smallest absolute Gasteiger partial charge is 0.293 e. The Bertz CT molecular complexity index is 928. The Balaban J connectivity index is 1.85. The van der Waals surface area contributed by atoms with Gasteiger partial charge >= 0.3 is 0 Å². The normalized spacial score (nSPS) is 15.7. The molecule has 2 aromatic carbocycles. The van der Waals surface area contributed by atoms with Crippen LogP contribution in [0, 0.1) is 0 Å². The molecule has 0 aromatic heterocycles. The molecular weight excluding hydrogens is 409 g/mol. The van der Waals surface area contributed by atoms with Gasteiger partial charge < -0.3 is 9.84 Å². The molecule has 5 nitrogen and oxygen atoms in total. The standard InChI is InChI=1S/C19H15Cl2NO4S/c1-2-26-15-8-12(7-14(21)17(15)23)9-16-18(24)22(19(25)27-16)10-11-3-5-13(20)6-4-11/h3-9,23H,2,10H2,1H3/b16-9-. The van der Waals surface area contributed by atoms with Crippen molar-refractivity contribution in [1.29, 1.82) is 0 Å². The fourth-order valence-electron chi connectivity index (χ4n) is 2.50. The minimum Gasteiger partial charge on any atom is -0.503 e. The second-order valence-electron chi connectivity index (χ2n) is 5.68. The van der Waals surface area contributed by atoms with Gasteiger partial charge in [0.2, 0.25) is 0 Å². The molecule has 1 heterocycles. The molecule has 0 radical (unpaired) electrons. The molecule has 27 heavy (non-hydrogen) atoms. The van der Waals surface area contributed by atoms with E-state index in [1.54, 1.807) is 43.3 Å². The summed E-state index contributed by atoms with van der Waals surface area (Å²) < 4.78 is 5.34. The Kier molecular flexibility index (Phi) is 5.99. The van der Waals surface area contributed by atoms with Gasteiger partial charge in [-0.25, -0.2) is 0 Å². The van der Waals surface area contributed by atoms with Crippen molar-refractivity contribution in [2.24, 2.45) is 0 Å². The van der Waals surface area contributed by atoms with E-state index in [0.717, 1.165) is 17.3 Å². The number of hydrogen-bond donors (Lipinski definition) is 1. The van der Waals surface area contributed by atoms with Gasteiger partial charge in [0.1, 0.15) is 0 Å². The Hall–Kier alpha value is -2.15. The number of thioether (sulfide) groups is 1. The fourth-order valence-corrected chi connectivity index (χ4v) is 3.69. The van der Waals surface area contributed by atoms with Crippen LogP contribution in [0.2, 0.25) is 10.0 Å². The lowest BCUT2D eigenvalue weighted by Crippen LogP contribution is -2.27. The predicted molar refractivity (Wildman–Crippen MR) is 107 cm³/mol. The number of aromatic hydroxyl groups is 1. The maximum Gasteiger partial charge on any atom is 0.293 e. The fraction of sp³-hybridized carbons (Fsp3) is 0.158. The number of nitrogens with zero attached hydrogens (tertiary/aromatic N) is 1. The zero-order chi connectivity index (χ0) is 19.6. The van der Waals surface area contributed by atoms with E-state index in [9.17, 15) is 14.7 Å². The first kappa shape index (κ1) is 19.6. The first-order valence-corrected chi connectivity index (χ1v) is 9.61. The highest BCUT2D eigenvalue weighted by Crippen LogP contribution is 2.38. The van der Waals surface area contributed by atoms with Crippen LogP contribution < -0.4 is 4.74 Å². The lowest BCUT2D eigenvalue weighted by Gasteiger charge is -2.12. The molecule has 8 heteroatoms. The molecule has 2 amide bonds. The van der Waals surface area contributed by atoms with Crippen LogP contribution in [0.1, 0.15) is 18.1 Å². The zero-order valence-electron chi connectivity index (χ0n) is 14.2. The van der Waals surface area contributed by atoms with Gasteiger partial charge in [0.05, 0.1) is 23.1 Å². The molecule has 1 fully saturated rings. The summed E-state index contributed by atoms with van der Waals surface area (Å²) in [5.41, 5.74) is 1.35. The molecule has 0 aliphatic carbocycles. The van der Waals surface area contributed by atoms with Crippen LogP contribution in [0.3, 0.4) is 0 Å². The van der Waals surface area contributed by atoms with E-state index in [0.29, 0.717) is 17.2 Å². The van der Waals surface area contributed by atoms with Crippen molar-refractivity contribution in [3.8, 4) is 11.5 Å². The number of rotatable bonds is 5. The molecule has 0 bridgehead atoms. The third-order valence-corrected chi connectivity index (χ3v) is 5.22. The van der Waals surface area contributed by atoms with E-state index in [4.69, 9.17) is 27.9 Å². The second-order valence-corrected chi connectivity index (χ2v) is 7.51. The van der Waals surface area contributed by atoms with Crippen LogP contribution >= 0.6 is 35.0 Å². The number of carbonyl (C=O) groups is 2. The molecule has 1 saturated heterocycles. The molecule has 0 spiro atoms. The summed E-state index contributed by atoms with van der Waals surface area (Å²) in [6.07, 6.45) is 1.56. The van der Waals surface area contributed by atoms with Crippen LogP contribution in [-0.4, -0.2) is 27.8 Å². The number of ether oxygens (including phenoxy) is 1. The van der Waals surface area contributed by atoms with Crippen molar-refractivity contribution < 1.29 is 19.4 Å². The van der Waals surface area contributed by atoms with Crippen molar-refractivity contribution in [1.82, 2.24) is 4.90 Å². The number of phenolic OH excluding ortho intramolecular Hbond substituents is 1. The van der Waals surface area contributed by atoms with Crippen molar-refractivity contribution in [3.05, 3.63) is 62.5 Å². The Morgan fingerprint density at radius 2 is 1.89 bits per heavy atom. The minimum absolute atomic E-state index is 0.104. The van der Waals surface area contributed by atoms with E-state index in [1.165, 1.54) is 11.0 Å². The SMILES string of the molecule is CCOc1cc(/C=C2\SC(=O)N(Cc3ccc(Cl)cc3)C2=O)cc(Cl)c1O. The number of carbonyl (C=O) groups excluding carboxylic acids is 2. The maximum atomic E-state index is 12.6. The Labute approximate surface area is 170 Å². The van der Waals surface area contributed by atoms with Crippen LogP contribution in [0.25, 0.3) is 6.08 Å². The summed E-state index contributed by atoms with van der Waals surface area (Å²) >= 11 is 12.7. The quantitative estimate of drug-likeness (QED) is 0.657. The summed E-state index contributed by atoms with van der Waals surface area (Å²) in [6.45, 7) is 2.30. The highest BCUT2D eigenvalue weighted by molar-refractivity contribution is 8.18. The van der Waals surface area contributed by atoms with Crippen LogP contribution in [0.15, 0.2) is 41.3 Å². The Morgan fingerprint density at radius 3 is 2.56 bits per heavy atom. The molecule has 1 aliphatic heterocycles. The van der Waals surface area contributed by atoms with Gasteiger partial charge in [-0.2, -0.15) is 0 Å². The second kappa shape index (κ2) is 8.25. The molecule has 2 aromatic rings. The van der Waals surface area contributed by atoms with Gasteiger partial charge in [-0.1, -0.05) is 35.3 Å². The van der Waals surface area contributed by atoms with E-state index >= 15 is 0 Å². The van der Waals surface area contributed by atoms with Gasteiger partial charge in [-0.05, 0) is 60.2 Å². The predicted octanol–water partition coefficient (Wildman–Crippen LogP) is 5.33. The number of amides is 2. The number of benzene rings is 2. The zero-order valence-corrected chi connectivity index (χ0v) is 16.6. The maximum absolute atomic E-state index is 12.6. The highest BCUT2D eigenvalue weighted by Gasteiger charge is 2.35. The molecule has 0 saturated carbocycles. The van der Waals surface area contributed by atoms with Gasteiger partial charge in [0.15, 0.2) is 11.5 Å². The lowest BCUT2D eigenvalue weighted by molar-refractivity contribution is -0.123. The van der Waals surface area contributed by atoms with Gasteiger partial charge in [-0.15, -0.1) is 0 Å². The van der Waals surface area contributed by atoms with Crippen molar-refractivity contribution in [3.63, 3.8) is 0 Å². The van der Waals surface area contributed by atoms with Gasteiger partial charge in [0.25, 0.3) is 11.1 Å². The largest absolute Gasteiger partial charge is 0.503 e. The van der Waals surface area contributed by atoms with Crippen molar-refractivity contribution in [2.45, 2.75) is 13.5 Å². The number of hydrogen-bond acceptors (Lipinski definition) is 5. The number of halogens is 2. The van der Waals surface area contributed by atoms with Gasteiger partial charge in [0, 0.05) is 5.02 Å². The lowest BCUT2D eigenvalue weighted by atomic mass is 10.1. The van der Waals surface area contributed by atoms with Crippen LogP contribution in [0.5, 0.6) is 11.5 Å². The minimum atomic E-state index is -0.387. The molecule has 0 unspecified atom stereocenters. The highest BCUT2D eigenvalue weighted by atomic mass is 35.5. The molecule has 3 rings (SSSR count). The molecular formula is C19H15Cl2NO4S. The van der Waals surface area contributed by atoms with E-state index in [-0.39, 0.29) is 39.1 Å². The van der Waals surface area contributed by atoms with E-state index in [2.05, 4.69) is 0 Å². The number of imide groups is 1. The van der Waals surface area contributed by atoms with Crippen molar-refractivity contribution >= 4 is 52.2 Å². The first-order valence-electron chi connectivity index (χ1n) is 8.04. The third-order valence-electron chi connectivity index (χ3n) is 3.78. The number of phenols is 1. The van der Waals surface area contributed by atoms with Crippen molar-refractivity contribution in [2.75, 3.05) is 6.61 Å². The average molecular weight is 424 g/mol. The first-order chi connectivity index (χ1) is 12.9. The summed E-state index contributed by atoms with van der Waals surface area (Å²) in [4.78, 5) is 26.3. The van der Waals surface area contributed by atoms with E-state index < -0.39 is 0 Å². The van der Waals surface area contributed by atoms with Crippen LogP contribution in [-0.2, 0) is 11.3 Å². The molecule has 1 N–H and O–H groups in total. The van der Waals surface area contributed by atoms with E-state index in [1.807, 2.05) is 0 Å². The third kappa shape index (κ3) is 4.40. The Morgan fingerprint density at radius 1 is 1.19 bits per heavy atom. The molecule has 140 valence electrons. The summed E-state index contributed by atoms with van der Waals surface area (Å²) in [5.74, 6) is -0.328. The topological polar surface area (TPSA) is 66.8 Å². The summed E-state index contributed by atoms with van der Waals surface area (Å²) in [5, 5.41) is 10.3. The average Bonchev–Trinajstić information content (AvgIpc) is 2.88. The monoisotopic (exact) mass is 423 g/mol. The molecule has 0 atom stereocenters. The summed E-state index contributed by atoms with van der Waals surface area (Å²) in [6, 6.07) is 10.0. The molecule has 1 aliphatic rings.